The first kappa shape index (κ1) is 31.8. The van der Waals surface area contributed by atoms with Gasteiger partial charge in [0.25, 0.3) is 5.56 Å². The maximum Gasteiger partial charge on any atom is 0.337 e. The highest BCUT2D eigenvalue weighted by atomic mass is 79.9. The van der Waals surface area contributed by atoms with Gasteiger partial charge < -0.3 is 18.9 Å². The Kier molecular flexibility index (Phi) is 10.2. The van der Waals surface area contributed by atoms with Gasteiger partial charge in [0.15, 0.2) is 16.3 Å². The maximum atomic E-state index is 14.1. The third-order valence-electron chi connectivity index (χ3n) is 6.60. The van der Waals surface area contributed by atoms with E-state index in [9.17, 15) is 9.59 Å². The van der Waals surface area contributed by atoms with E-state index in [-0.39, 0.29) is 17.7 Å². The molecule has 1 aromatic heterocycles. The minimum Gasteiger partial charge on any atom is -0.490 e. The Labute approximate surface area is 275 Å². The first-order valence-corrected chi connectivity index (χ1v) is 16.0. The number of carbonyl (C=O) groups is 1. The number of esters is 1. The summed E-state index contributed by atoms with van der Waals surface area (Å²) in [6.45, 7) is 4.85. The molecule has 0 bridgehead atoms. The fraction of sp³-hybridized carbons (Fsp3) is 0.219. The molecule has 5 rings (SSSR count). The van der Waals surface area contributed by atoms with Crippen LogP contribution in [0.3, 0.4) is 0 Å². The first-order valence-electron chi connectivity index (χ1n) is 13.6. The van der Waals surface area contributed by atoms with Crippen molar-refractivity contribution in [3.8, 4) is 17.2 Å². The Morgan fingerprint density at radius 3 is 2.52 bits per heavy atom. The zero-order chi connectivity index (χ0) is 31.4. The number of halogens is 3. The van der Waals surface area contributed by atoms with E-state index in [2.05, 4.69) is 20.9 Å². The van der Waals surface area contributed by atoms with Gasteiger partial charge in [-0.05, 0) is 83.4 Å². The van der Waals surface area contributed by atoms with E-state index < -0.39 is 12.0 Å². The van der Waals surface area contributed by atoms with Crippen LogP contribution in [0.4, 0.5) is 0 Å². The summed E-state index contributed by atoms with van der Waals surface area (Å²) in [6.07, 6.45) is 3.15. The number of fused-ring (bicyclic) bond motifs is 1. The summed E-state index contributed by atoms with van der Waals surface area (Å²) in [6, 6.07) is 15.3. The van der Waals surface area contributed by atoms with E-state index in [0.717, 1.165) is 5.56 Å². The van der Waals surface area contributed by atoms with Crippen molar-refractivity contribution >= 4 is 62.5 Å². The van der Waals surface area contributed by atoms with Crippen molar-refractivity contribution in [1.29, 1.82) is 0 Å². The largest absolute Gasteiger partial charge is 0.490 e. The number of nitrogens with zero attached hydrogens (tertiary/aromatic N) is 2. The number of rotatable bonds is 10. The summed E-state index contributed by atoms with van der Waals surface area (Å²) in [4.78, 5) is 31.9. The van der Waals surface area contributed by atoms with E-state index in [1.807, 2.05) is 32.0 Å². The second kappa shape index (κ2) is 14.0. The Hall–Kier alpha value is -3.57. The number of thiazole rings is 1. The van der Waals surface area contributed by atoms with Gasteiger partial charge in [0.05, 0.1) is 40.9 Å². The predicted octanol–water partition coefficient (Wildman–Crippen LogP) is 6.46. The van der Waals surface area contributed by atoms with Crippen molar-refractivity contribution in [2.75, 3.05) is 20.3 Å². The molecule has 0 aliphatic carbocycles. The van der Waals surface area contributed by atoms with Crippen LogP contribution >= 0.6 is 50.5 Å². The van der Waals surface area contributed by atoms with Crippen LogP contribution in [0.15, 0.2) is 80.6 Å². The third-order valence-corrected chi connectivity index (χ3v) is 8.64. The Morgan fingerprint density at radius 2 is 1.80 bits per heavy atom. The molecule has 1 aliphatic heterocycles. The van der Waals surface area contributed by atoms with Crippen molar-refractivity contribution in [3.63, 3.8) is 0 Å². The number of ether oxygens (including phenoxy) is 4. The van der Waals surface area contributed by atoms with Crippen LogP contribution in [0.5, 0.6) is 17.2 Å². The van der Waals surface area contributed by atoms with Crippen molar-refractivity contribution < 1.29 is 23.7 Å². The fourth-order valence-corrected chi connectivity index (χ4v) is 6.87. The fourth-order valence-electron chi connectivity index (χ4n) is 4.75. The molecule has 0 radical (unpaired) electrons. The zero-order valence-electron chi connectivity index (χ0n) is 23.9. The van der Waals surface area contributed by atoms with Gasteiger partial charge in [0.2, 0.25) is 0 Å². The summed E-state index contributed by atoms with van der Waals surface area (Å²) in [5.41, 5.74) is 1.94. The predicted molar refractivity (Wildman–Crippen MR) is 175 cm³/mol. The molecule has 44 heavy (non-hydrogen) atoms. The highest BCUT2D eigenvalue weighted by Gasteiger charge is 2.31. The van der Waals surface area contributed by atoms with Crippen molar-refractivity contribution in [2.45, 2.75) is 26.5 Å². The lowest BCUT2D eigenvalue weighted by molar-refractivity contribution is -0.136. The lowest BCUT2D eigenvalue weighted by Gasteiger charge is -2.23. The highest BCUT2D eigenvalue weighted by Crippen LogP contribution is 2.36. The Morgan fingerprint density at radius 1 is 1.02 bits per heavy atom. The van der Waals surface area contributed by atoms with Gasteiger partial charge in [-0.3, -0.25) is 9.36 Å². The van der Waals surface area contributed by atoms with E-state index in [0.29, 0.717) is 65.4 Å². The number of methoxy groups -OCH3 is 1. The second-order valence-corrected chi connectivity index (χ2v) is 12.2. The van der Waals surface area contributed by atoms with Gasteiger partial charge >= 0.3 is 5.97 Å². The van der Waals surface area contributed by atoms with Gasteiger partial charge in [0, 0.05) is 21.8 Å². The molecule has 0 saturated carbocycles. The molecule has 0 unspecified atom stereocenters. The number of hydrogen-bond donors (Lipinski definition) is 0. The summed E-state index contributed by atoms with van der Waals surface area (Å²) in [5.74, 6) is 0.960. The standard InChI is InChI=1S/C32H27BrCl2N2O6S/c1-4-41-25-10-9-19(13-26(25)42-5-2)28-23(31(39)40-3)16-36-32-37(28)30(38)27(44-32)14-20-12-22(35)15-24(33)29(20)43-17-18-7-6-8-21(34)11-18/h6-16,28H,4-5,17H2,1-3H3/b27-14+/t28-/m0/s1. The summed E-state index contributed by atoms with van der Waals surface area (Å²) in [7, 11) is 1.29. The molecule has 0 saturated heterocycles. The number of aromatic nitrogens is 1. The zero-order valence-corrected chi connectivity index (χ0v) is 27.8. The smallest absolute Gasteiger partial charge is 0.337 e. The monoisotopic (exact) mass is 716 g/mol. The Balaban J connectivity index is 1.63. The molecule has 1 aliphatic rings. The molecule has 2 heterocycles. The maximum absolute atomic E-state index is 14.1. The lowest BCUT2D eigenvalue weighted by atomic mass is 9.97. The normalized spacial score (nSPS) is 14.4. The van der Waals surface area contributed by atoms with Gasteiger partial charge in [-0.15, -0.1) is 0 Å². The topological polar surface area (TPSA) is 88.4 Å². The molecule has 0 fully saturated rings. The minimum absolute atomic E-state index is 0.203. The van der Waals surface area contributed by atoms with E-state index in [4.69, 9.17) is 42.1 Å². The molecule has 12 heteroatoms. The number of carbonyl (C=O) groups excluding carboxylic acids is 1. The third kappa shape index (κ3) is 6.73. The molecular weight excluding hydrogens is 691 g/mol. The molecule has 1 atom stereocenters. The molecular formula is C32H27BrCl2N2O6S. The van der Waals surface area contributed by atoms with Gasteiger partial charge in [0.1, 0.15) is 12.4 Å². The summed E-state index contributed by atoms with van der Waals surface area (Å²) >= 11 is 17.3. The molecule has 228 valence electrons. The van der Waals surface area contributed by atoms with Crippen molar-refractivity contribution in [1.82, 2.24) is 4.57 Å². The van der Waals surface area contributed by atoms with Gasteiger partial charge in [-0.1, -0.05) is 52.7 Å². The summed E-state index contributed by atoms with van der Waals surface area (Å²) < 4.78 is 25.3. The van der Waals surface area contributed by atoms with Crippen LogP contribution in [-0.4, -0.2) is 30.9 Å². The van der Waals surface area contributed by atoms with E-state index in [1.54, 1.807) is 42.5 Å². The lowest BCUT2D eigenvalue weighted by Crippen LogP contribution is -2.39. The number of hydrogen-bond acceptors (Lipinski definition) is 8. The van der Waals surface area contributed by atoms with Crippen LogP contribution in [0.2, 0.25) is 10.0 Å². The Bertz CT molecular complexity index is 1940. The van der Waals surface area contributed by atoms with Gasteiger partial charge in [-0.25, -0.2) is 9.79 Å². The second-order valence-electron chi connectivity index (χ2n) is 9.47. The van der Waals surface area contributed by atoms with Crippen molar-refractivity contribution in [3.05, 3.63) is 117 Å². The van der Waals surface area contributed by atoms with Crippen LogP contribution in [-0.2, 0) is 16.1 Å². The van der Waals surface area contributed by atoms with Gasteiger partial charge in [-0.2, -0.15) is 0 Å². The average molecular weight is 718 g/mol. The quantitative estimate of drug-likeness (QED) is 0.175. The SMILES string of the molecule is CCOc1ccc([C@H]2C(C(=O)OC)=CN=c3s/c(=C/c4cc(Cl)cc(Br)c4OCc4cccc(Cl)c4)c(=O)n32)cc1OCC. The van der Waals surface area contributed by atoms with Crippen LogP contribution in [0, 0.1) is 0 Å². The molecule has 0 spiro atoms. The number of benzene rings is 3. The highest BCUT2D eigenvalue weighted by molar-refractivity contribution is 9.10. The van der Waals surface area contributed by atoms with Crippen LogP contribution in [0.1, 0.15) is 36.6 Å². The van der Waals surface area contributed by atoms with Crippen molar-refractivity contribution in [2.24, 2.45) is 4.99 Å². The van der Waals surface area contributed by atoms with E-state index >= 15 is 0 Å². The molecule has 4 aromatic rings. The van der Waals surface area contributed by atoms with Crippen LogP contribution < -0.4 is 29.1 Å². The van der Waals surface area contributed by atoms with Crippen LogP contribution in [0.25, 0.3) is 6.08 Å². The summed E-state index contributed by atoms with van der Waals surface area (Å²) in [5, 5.41) is 1.05. The average Bonchev–Trinajstić information content (AvgIpc) is 3.31. The first-order chi connectivity index (χ1) is 21.2. The molecule has 0 N–H and O–H groups in total. The molecule has 0 amide bonds. The molecule has 8 nitrogen and oxygen atoms in total. The molecule has 3 aromatic carbocycles. The van der Waals surface area contributed by atoms with E-state index in [1.165, 1.54) is 29.2 Å². The minimum atomic E-state index is -0.819.